The predicted octanol–water partition coefficient (Wildman–Crippen LogP) is 2.02. The molecule has 3 heterocycles. The molecule has 7 heteroatoms. The minimum Gasteiger partial charge on any atom is -0.324 e. The second-order valence-corrected chi connectivity index (χ2v) is 7.98. The van der Waals surface area contributed by atoms with Crippen LogP contribution in [0, 0.1) is 0 Å². The van der Waals surface area contributed by atoms with Gasteiger partial charge in [0.1, 0.15) is 0 Å². The highest BCUT2D eigenvalue weighted by Gasteiger charge is 2.37. The van der Waals surface area contributed by atoms with Crippen molar-refractivity contribution in [2.75, 3.05) is 13.1 Å². The van der Waals surface area contributed by atoms with Crippen LogP contribution in [0.15, 0.2) is 53.7 Å². The lowest BCUT2D eigenvalue weighted by Crippen LogP contribution is -2.52. The van der Waals surface area contributed by atoms with E-state index in [9.17, 15) is 8.42 Å². The van der Waals surface area contributed by atoms with E-state index in [1.807, 2.05) is 41.2 Å². The molecule has 0 amide bonds. The van der Waals surface area contributed by atoms with Crippen molar-refractivity contribution in [1.82, 2.24) is 14.2 Å². The first-order valence-electron chi connectivity index (χ1n) is 7.62. The summed E-state index contributed by atoms with van der Waals surface area (Å²) >= 11 is 0. The summed E-state index contributed by atoms with van der Waals surface area (Å²) in [7, 11) is -3.39. The fourth-order valence-corrected chi connectivity index (χ4v) is 4.93. The van der Waals surface area contributed by atoms with E-state index in [1.165, 1.54) is 0 Å². The van der Waals surface area contributed by atoms with Crippen molar-refractivity contribution in [3.05, 3.63) is 48.8 Å². The van der Waals surface area contributed by atoms with Crippen molar-refractivity contribution in [3.63, 3.8) is 0 Å². The second-order valence-electron chi connectivity index (χ2n) is 6.04. The molecular weight excluding hydrogens is 334 g/mol. The Bertz CT molecular complexity index is 747. The van der Waals surface area contributed by atoms with Crippen molar-refractivity contribution in [2.24, 2.45) is 0 Å². The van der Waals surface area contributed by atoms with Crippen molar-refractivity contribution < 1.29 is 8.42 Å². The molecule has 0 aliphatic carbocycles. The number of halogens is 1. The van der Waals surface area contributed by atoms with Gasteiger partial charge in [0.2, 0.25) is 10.0 Å². The molecule has 2 bridgehead atoms. The van der Waals surface area contributed by atoms with Crippen LogP contribution < -0.4 is 5.32 Å². The highest BCUT2D eigenvalue weighted by atomic mass is 35.5. The van der Waals surface area contributed by atoms with E-state index in [0.717, 1.165) is 18.5 Å². The summed E-state index contributed by atoms with van der Waals surface area (Å²) in [6.45, 7) is 1.16. The summed E-state index contributed by atoms with van der Waals surface area (Å²) < 4.78 is 29.2. The van der Waals surface area contributed by atoms with E-state index in [4.69, 9.17) is 0 Å². The molecule has 0 spiro atoms. The molecule has 2 atom stereocenters. The van der Waals surface area contributed by atoms with Gasteiger partial charge in [-0.1, -0.05) is 0 Å². The lowest BCUT2D eigenvalue weighted by atomic mass is 10.2. The van der Waals surface area contributed by atoms with Gasteiger partial charge in [0, 0.05) is 43.3 Å². The molecule has 5 nitrogen and oxygen atoms in total. The zero-order chi connectivity index (χ0) is 15.2. The smallest absolute Gasteiger partial charge is 0.243 e. The standard InChI is InChI=1S/C16H19N3O2S.ClH/c20-22(21,19-11-13-3-4-14(12-19)17-13)16-7-5-15(6-8-16)18-9-1-2-10-18;/h1-2,5-10,13-14,17H,3-4,11-12H2;1H. The van der Waals surface area contributed by atoms with E-state index in [0.29, 0.717) is 30.1 Å². The minimum absolute atomic E-state index is 0. The molecule has 1 aromatic heterocycles. The third kappa shape index (κ3) is 3.04. The van der Waals surface area contributed by atoms with Gasteiger partial charge in [-0.05, 0) is 49.2 Å². The van der Waals surface area contributed by atoms with Crippen LogP contribution in [0.25, 0.3) is 5.69 Å². The van der Waals surface area contributed by atoms with Crippen molar-refractivity contribution in [3.8, 4) is 5.69 Å². The van der Waals surface area contributed by atoms with Crippen LogP contribution in [0.3, 0.4) is 0 Å². The fraction of sp³-hybridized carbons (Fsp3) is 0.375. The van der Waals surface area contributed by atoms with Crippen molar-refractivity contribution in [1.29, 1.82) is 0 Å². The molecule has 1 aromatic carbocycles. The zero-order valence-corrected chi connectivity index (χ0v) is 14.3. The number of benzene rings is 1. The third-order valence-corrected chi connectivity index (χ3v) is 6.41. The fourth-order valence-electron chi connectivity index (χ4n) is 3.40. The topological polar surface area (TPSA) is 54.3 Å². The molecule has 124 valence electrons. The first-order valence-corrected chi connectivity index (χ1v) is 9.06. The summed E-state index contributed by atoms with van der Waals surface area (Å²) in [4.78, 5) is 0.379. The van der Waals surface area contributed by atoms with Gasteiger partial charge in [0.15, 0.2) is 0 Å². The Morgan fingerprint density at radius 3 is 2.09 bits per heavy atom. The van der Waals surface area contributed by atoms with Crippen LogP contribution in [-0.2, 0) is 10.0 Å². The SMILES string of the molecule is Cl.O=S(=O)(c1ccc(-n2cccc2)cc1)N1CC2CCC(C1)N2. The number of piperazine rings is 1. The molecule has 0 radical (unpaired) electrons. The molecule has 23 heavy (non-hydrogen) atoms. The van der Waals surface area contributed by atoms with Gasteiger partial charge >= 0.3 is 0 Å². The highest BCUT2D eigenvalue weighted by Crippen LogP contribution is 2.26. The quantitative estimate of drug-likeness (QED) is 0.918. The summed E-state index contributed by atoms with van der Waals surface area (Å²) in [5.74, 6) is 0. The highest BCUT2D eigenvalue weighted by molar-refractivity contribution is 7.89. The van der Waals surface area contributed by atoms with Crippen LogP contribution >= 0.6 is 12.4 Å². The van der Waals surface area contributed by atoms with Gasteiger partial charge < -0.3 is 9.88 Å². The van der Waals surface area contributed by atoms with E-state index in [-0.39, 0.29) is 12.4 Å². The third-order valence-electron chi connectivity index (χ3n) is 4.56. The Balaban J connectivity index is 0.00000156. The lowest BCUT2D eigenvalue weighted by molar-refractivity contribution is 0.296. The summed E-state index contributed by atoms with van der Waals surface area (Å²) in [5, 5.41) is 3.46. The van der Waals surface area contributed by atoms with E-state index >= 15 is 0 Å². The minimum atomic E-state index is -3.39. The summed E-state index contributed by atoms with van der Waals surface area (Å²) in [6, 6.07) is 11.6. The van der Waals surface area contributed by atoms with Gasteiger partial charge in [-0.25, -0.2) is 8.42 Å². The Kier molecular flexibility index (Phi) is 4.51. The van der Waals surface area contributed by atoms with Crippen LogP contribution in [0.4, 0.5) is 0 Å². The Labute approximate surface area is 142 Å². The number of hydrogen-bond acceptors (Lipinski definition) is 3. The van der Waals surface area contributed by atoms with Crippen LogP contribution in [0.1, 0.15) is 12.8 Å². The Morgan fingerprint density at radius 1 is 0.957 bits per heavy atom. The average molecular weight is 354 g/mol. The Morgan fingerprint density at radius 2 is 1.52 bits per heavy atom. The second kappa shape index (κ2) is 6.28. The molecule has 2 aliphatic heterocycles. The molecular formula is C16H20ClN3O2S. The number of hydrogen-bond donors (Lipinski definition) is 1. The maximum Gasteiger partial charge on any atom is 0.243 e. The molecule has 2 aromatic rings. The zero-order valence-electron chi connectivity index (χ0n) is 12.6. The normalized spacial score (nSPS) is 24.3. The molecule has 2 aliphatic rings. The van der Waals surface area contributed by atoms with Gasteiger partial charge in [0.25, 0.3) is 0 Å². The molecule has 1 N–H and O–H groups in total. The van der Waals surface area contributed by atoms with Crippen molar-refractivity contribution in [2.45, 2.75) is 29.8 Å². The number of aromatic nitrogens is 1. The van der Waals surface area contributed by atoms with Gasteiger partial charge in [-0.2, -0.15) is 4.31 Å². The first kappa shape index (κ1) is 16.5. The largest absolute Gasteiger partial charge is 0.324 e. The first-order chi connectivity index (χ1) is 10.6. The number of rotatable bonds is 3. The predicted molar refractivity (Wildman–Crippen MR) is 91.7 cm³/mol. The van der Waals surface area contributed by atoms with E-state index in [2.05, 4.69) is 5.32 Å². The monoisotopic (exact) mass is 353 g/mol. The Hall–Kier alpha value is -1.34. The number of sulfonamides is 1. The van der Waals surface area contributed by atoms with Gasteiger partial charge in [-0.3, -0.25) is 0 Å². The summed E-state index contributed by atoms with van der Waals surface area (Å²) in [6.07, 6.45) is 6.03. The van der Waals surface area contributed by atoms with E-state index < -0.39 is 10.0 Å². The molecule has 2 saturated heterocycles. The van der Waals surface area contributed by atoms with Crippen LogP contribution in [0.2, 0.25) is 0 Å². The molecule has 4 rings (SSSR count). The molecule has 0 saturated carbocycles. The van der Waals surface area contributed by atoms with Crippen LogP contribution in [-0.4, -0.2) is 42.5 Å². The number of nitrogens with zero attached hydrogens (tertiary/aromatic N) is 2. The van der Waals surface area contributed by atoms with Gasteiger partial charge in [0.05, 0.1) is 4.90 Å². The van der Waals surface area contributed by atoms with E-state index in [1.54, 1.807) is 16.4 Å². The lowest BCUT2D eigenvalue weighted by Gasteiger charge is -2.32. The van der Waals surface area contributed by atoms with Crippen molar-refractivity contribution >= 4 is 22.4 Å². The van der Waals surface area contributed by atoms with Gasteiger partial charge in [-0.15, -0.1) is 12.4 Å². The summed E-state index contributed by atoms with van der Waals surface area (Å²) in [5.41, 5.74) is 0.962. The molecule has 2 unspecified atom stereocenters. The maximum atomic E-state index is 12.8. The average Bonchev–Trinajstić information content (AvgIpc) is 3.17. The van der Waals surface area contributed by atoms with Crippen LogP contribution in [0.5, 0.6) is 0 Å². The number of nitrogens with one attached hydrogen (secondary N) is 1. The number of fused-ring (bicyclic) bond motifs is 2. The molecule has 2 fully saturated rings. The maximum absolute atomic E-state index is 12.8.